The summed E-state index contributed by atoms with van der Waals surface area (Å²) in [6.45, 7) is 1.75. The fourth-order valence-electron chi connectivity index (χ4n) is 3.78. The number of methoxy groups -OCH3 is 2. The van der Waals surface area contributed by atoms with Crippen LogP contribution in [0.4, 0.5) is 0 Å². The highest BCUT2D eigenvalue weighted by Gasteiger charge is 2.33. The van der Waals surface area contributed by atoms with Crippen molar-refractivity contribution in [2.75, 3.05) is 20.5 Å². The lowest BCUT2D eigenvalue weighted by Crippen LogP contribution is -2.39. The fraction of sp³-hybridized carbons (Fsp3) is 0.200. The molecule has 3 aromatic rings. The second kappa shape index (κ2) is 9.82. The molecule has 0 bridgehead atoms. The van der Waals surface area contributed by atoms with Crippen molar-refractivity contribution >= 4 is 41.1 Å². The number of carbonyl (C=O) groups is 2. The standard InChI is InChI=1S/C25H22N2O5S2/c1-14-20(24(30)32-3)21(16-9-11-18(33-4)12-10-16)27-22(28)19(34-25(27)26-14)13-15-5-7-17(8-6-15)23(29)31-2/h5-13,21H,1-4H3/b19-13-. The van der Waals surface area contributed by atoms with Gasteiger partial charge in [-0.05, 0) is 54.6 Å². The normalized spacial score (nSPS) is 15.5. The Labute approximate surface area is 204 Å². The van der Waals surface area contributed by atoms with E-state index in [-0.39, 0.29) is 5.56 Å². The number of thiazole rings is 1. The molecule has 4 rings (SSSR count). The maximum atomic E-state index is 13.5. The van der Waals surface area contributed by atoms with Crippen LogP contribution in [-0.2, 0) is 14.3 Å². The van der Waals surface area contributed by atoms with Crippen molar-refractivity contribution in [3.8, 4) is 0 Å². The molecule has 0 fully saturated rings. The molecule has 0 radical (unpaired) electrons. The molecule has 174 valence electrons. The second-order valence-corrected chi connectivity index (χ2v) is 9.35. The third-order valence-corrected chi connectivity index (χ3v) is 7.21. The molecule has 1 unspecified atom stereocenters. The van der Waals surface area contributed by atoms with Crippen molar-refractivity contribution in [3.63, 3.8) is 0 Å². The highest BCUT2D eigenvalue weighted by Crippen LogP contribution is 2.31. The number of hydrogen-bond acceptors (Lipinski definition) is 8. The molecule has 9 heteroatoms. The second-order valence-electron chi connectivity index (χ2n) is 7.46. The Bertz CT molecular complexity index is 1470. The lowest BCUT2D eigenvalue weighted by atomic mass is 9.96. The van der Waals surface area contributed by atoms with Crippen LogP contribution in [0.3, 0.4) is 0 Å². The van der Waals surface area contributed by atoms with Gasteiger partial charge in [0, 0.05) is 4.90 Å². The maximum absolute atomic E-state index is 13.5. The number of thioether (sulfide) groups is 1. The van der Waals surface area contributed by atoms with Crippen LogP contribution in [0.5, 0.6) is 0 Å². The van der Waals surface area contributed by atoms with Crippen molar-refractivity contribution < 1.29 is 19.1 Å². The summed E-state index contributed by atoms with van der Waals surface area (Å²) in [6.07, 6.45) is 3.73. The highest BCUT2D eigenvalue weighted by atomic mass is 32.2. The molecule has 0 saturated heterocycles. The number of allylic oxidation sites excluding steroid dienone is 1. The average molecular weight is 495 g/mol. The number of benzene rings is 2. The number of fused-ring (bicyclic) bond motifs is 1. The summed E-state index contributed by atoms with van der Waals surface area (Å²) < 4.78 is 11.8. The Morgan fingerprint density at radius 3 is 2.26 bits per heavy atom. The molecule has 1 aromatic heterocycles. The Morgan fingerprint density at radius 1 is 1.03 bits per heavy atom. The van der Waals surface area contributed by atoms with E-state index in [1.54, 1.807) is 53.6 Å². The summed E-state index contributed by atoms with van der Waals surface area (Å²) in [7, 11) is 2.65. The van der Waals surface area contributed by atoms with Crippen LogP contribution in [0.1, 0.15) is 34.5 Å². The molecule has 0 N–H and O–H groups in total. The molecule has 7 nitrogen and oxygen atoms in total. The van der Waals surface area contributed by atoms with Crippen LogP contribution in [0.25, 0.3) is 6.08 Å². The Balaban J connectivity index is 1.87. The molecule has 1 aliphatic rings. The van der Waals surface area contributed by atoms with Gasteiger partial charge in [0.05, 0.1) is 41.6 Å². The molecular formula is C25H22N2O5S2. The van der Waals surface area contributed by atoms with Gasteiger partial charge < -0.3 is 9.47 Å². The van der Waals surface area contributed by atoms with Crippen LogP contribution in [0.2, 0.25) is 0 Å². The fourth-order valence-corrected chi connectivity index (χ4v) is 5.23. The summed E-state index contributed by atoms with van der Waals surface area (Å²) in [5, 5.41) is 0. The van der Waals surface area contributed by atoms with E-state index < -0.39 is 18.0 Å². The van der Waals surface area contributed by atoms with E-state index in [4.69, 9.17) is 9.47 Å². The number of aromatic nitrogens is 1. The van der Waals surface area contributed by atoms with Crippen molar-refractivity contribution in [1.82, 2.24) is 4.57 Å². The third-order valence-electron chi connectivity index (χ3n) is 5.49. The van der Waals surface area contributed by atoms with Crippen LogP contribution in [-0.4, -0.2) is 37.0 Å². The molecule has 0 amide bonds. The topological polar surface area (TPSA) is 87.0 Å². The molecule has 0 saturated carbocycles. The number of esters is 2. The van der Waals surface area contributed by atoms with Crippen LogP contribution >= 0.6 is 23.1 Å². The first-order valence-corrected chi connectivity index (χ1v) is 12.3. The zero-order chi connectivity index (χ0) is 24.4. The number of carbonyl (C=O) groups excluding carboxylic acids is 2. The summed E-state index contributed by atoms with van der Waals surface area (Å²) in [5.74, 6) is -0.947. The minimum atomic E-state index is -0.650. The molecule has 0 spiro atoms. The van der Waals surface area contributed by atoms with Gasteiger partial charge in [0.2, 0.25) is 0 Å². The van der Waals surface area contributed by atoms with Crippen molar-refractivity contribution in [2.45, 2.75) is 17.9 Å². The lowest BCUT2D eigenvalue weighted by molar-refractivity contribution is -0.136. The van der Waals surface area contributed by atoms with Gasteiger partial charge in [-0.2, -0.15) is 0 Å². The molecule has 1 aliphatic heterocycles. The SMILES string of the molecule is COC(=O)C1=C(C)N=c2s/c(=C\c3ccc(C(=O)OC)cc3)c(=O)n2C1c1ccc(SC)cc1. The molecule has 34 heavy (non-hydrogen) atoms. The van der Waals surface area contributed by atoms with Crippen LogP contribution in [0, 0.1) is 0 Å². The number of ether oxygens (including phenoxy) is 2. The smallest absolute Gasteiger partial charge is 0.338 e. The van der Waals surface area contributed by atoms with E-state index in [9.17, 15) is 14.4 Å². The van der Waals surface area contributed by atoms with Gasteiger partial charge in [0.1, 0.15) is 0 Å². The Kier molecular flexibility index (Phi) is 6.85. The van der Waals surface area contributed by atoms with Crippen molar-refractivity contribution in [1.29, 1.82) is 0 Å². The van der Waals surface area contributed by atoms with Gasteiger partial charge in [-0.15, -0.1) is 11.8 Å². The zero-order valence-electron chi connectivity index (χ0n) is 19.0. The summed E-state index contributed by atoms with van der Waals surface area (Å²) in [6, 6.07) is 13.9. The van der Waals surface area contributed by atoms with Gasteiger partial charge in [0.25, 0.3) is 5.56 Å². The van der Waals surface area contributed by atoms with E-state index >= 15 is 0 Å². The van der Waals surface area contributed by atoms with E-state index in [1.807, 2.05) is 30.5 Å². The minimum Gasteiger partial charge on any atom is -0.466 e. The Morgan fingerprint density at radius 2 is 1.68 bits per heavy atom. The third kappa shape index (κ3) is 4.36. The van der Waals surface area contributed by atoms with E-state index in [1.165, 1.54) is 25.6 Å². The number of rotatable bonds is 5. The van der Waals surface area contributed by atoms with E-state index in [0.29, 0.717) is 26.2 Å². The summed E-state index contributed by atoms with van der Waals surface area (Å²) >= 11 is 2.86. The van der Waals surface area contributed by atoms with E-state index in [2.05, 4.69) is 4.99 Å². The van der Waals surface area contributed by atoms with Crippen molar-refractivity contribution in [2.24, 2.45) is 4.99 Å². The largest absolute Gasteiger partial charge is 0.466 e. The number of hydrogen-bond donors (Lipinski definition) is 0. The summed E-state index contributed by atoms with van der Waals surface area (Å²) in [5.41, 5.74) is 2.56. The summed E-state index contributed by atoms with van der Waals surface area (Å²) in [4.78, 5) is 44.1. The number of nitrogens with zero attached hydrogens (tertiary/aromatic N) is 2. The lowest BCUT2D eigenvalue weighted by Gasteiger charge is -2.24. The first-order chi connectivity index (χ1) is 16.4. The quantitative estimate of drug-likeness (QED) is 0.401. The van der Waals surface area contributed by atoms with Gasteiger partial charge >= 0.3 is 11.9 Å². The monoisotopic (exact) mass is 494 g/mol. The molecule has 2 heterocycles. The molecular weight excluding hydrogens is 472 g/mol. The van der Waals surface area contributed by atoms with Crippen molar-refractivity contribution in [3.05, 3.63) is 96.2 Å². The van der Waals surface area contributed by atoms with Gasteiger partial charge in [-0.3, -0.25) is 9.36 Å². The van der Waals surface area contributed by atoms with Gasteiger partial charge in [0.15, 0.2) is 4.80 Å². The van der Waals surface area contributed by atoms with Gasteiger partial charge in [-0.1, -0.05) is 35.6 Å². The first kappa shape index (κ1) is 23.7. The Hall–Kier alpha value is -3.43. The first-order valence-electron chi connectivity index (χ1n) is 10.3. The molecule has 0 aliphatic carbocycles. The minimum absolute atomic E-state index is 0.256. The predicted octanol–water partition coefficient (Wildman–Crippen LogP) is 2.92. The zero-order valence-corrected chi connectivity index (χ0v) is 20.7. The van der Waals surface area contributed by atoms with Gasteiger partial charge in [-0.25, -0.2) is 14.6 Å². The average Bonchev–Trinajstić information content (AvgIpc) is 3.16. The van der Waals surface area contributed by atoms with Crippen LogP contribution in [0.15, 0.2) is 74.5 Å². The maximum Gasteiger partial charge on any atom is 0.338 e. The molecule has 1 atom stereocenters. The predicted molar refractivity (Wildman–Crippen MR) is 132 cm³/mol. The molecule has 2 aromatic carbocycles. The van der Waals surface area contributed by atoms with E-state index in [0.717, 1.165) is 16.0 Å². The van der Waals surface area contributed by atoms with Crippen LogP contribution < -0.4 is 14.9 Å². The highest BCUT2D eigenvalue weighted by molar-refractivity contribution is 7.98.